The molecule has 0 aliphatic rings. The second-order valence-electron chi connectivity index (χ2n) is 7.55. The maximum absolute atomic E-state index is 13.3. The van der Waals surface area contributed by atoms with E-state index in [0.717, 1.165) is 11.3 Å². The van der Waals surface area contributed by atoms with E-state index in [0.29, 0.717) is 30.3 Å². The van der Waals surface area contributed by atoms with Gasteiger partial charge in [-0.3, -0.25) is 4.79 Å². The molecule has 0 saturated heterocycles. The highest BCUT2D eigenvalue weighted by molar-refractivity contribution is 5.93. The van der Waals surface area contributed by atoms with Gasteiger partial charge in [0.25, 0.3) is 0 Å². The molecule has 0 spiro atoms. The fourth-order valence-corrected chi connectivity index (χ4v) is 3.37. The Bertz CT molecular complexity index is 1080. The van der Waals surface area contributed by atoms with Crippen LogP contribution < -0.4 is 10.1 Å². The summed E-state index contributed by atoms with van der Waals surface area (Å²) in [5.41, 5.74) is 1.52. The highest BCUT2D eigenvalue weighted by atomic mass is 16.5. The zero-order valence-electron chi connectivity index (χ0n) is 19.0. The molecule has 0 saturated carbocycles. The second-order valence-corrected chi connectivity index (χ2v) is 7.55. The van der Waals surface area contributed by atoms with E-state index in [-0.39, 0.29) is 19.0 Å². The molecule has 172 valence electrons. The van der Waals surface area contributed by atoms with Crippen LogP contribution in [0.25, 0.3) is 0 Å². The highest BCUT2D eigenvalue weighted by Gasteiger charge is 2.22. The quantitative estimate of drug-likeness (QED) is 0.451. The second kappa shape index (κ2) is 11.6. The first kappa shape index (κ1) is 23.7. The number of urea groups is 1. The van der Waals surface area contributed by atoms with Crippen LogP contribution in [-0.2, 0) is 17.9 Å². The molecule has 3 rings (SSSR count). The lowest BCUT2D eigenvalue weighted by Gasteiger charge is -2.27. The van der Waals surface area contributed by atoms with Crippen molar-refractivity contribution >= 4 is 17.6 Å². The Morgan fingerprint density at radius 3 is 2.39 bits per heavy atom. The van der Waals surface area contributed by atoms with Crippen molar-refractivity contribution in [1.29, 1.82) is 0 Å². The van der Waals surface area contributed by atoms with Gasteiger partial charge in [0.1, 0.15) is 23.8 Å². The molecule has 0 aliphatic carbocycles. The van der Waals surface area contributed by atoms with Crippen molar-refractivity contribution in [2.75, 3.05) is 25.5 Å². The maximum atomic E-state index is 13.3. The minimum absolute atomic E-state index is 0.112. The topological polar surface area (TPSA) is 75.0 Å². The van der Waals surface area contributed by atoms with E-state index < -0.39 is 6.03 Å². The molecule has 3 aromatic rings. The molecule has 1 N–H and O–H groups in total. The van der Waals surface area contributed by atoms with Gasteiger partial charge < -0.3 is 24.3 Å². The smallest absolute Gasteiger partial charge is 0.322 e. The van der Waals surface area contributed by atoms with E-state index in [2.05, 4.69) is 11.9 Å². The van der Waals surface area contributed by atoms with Gasteiger partial charge in [0.05, 0.1) is 19.3 Å². The molecule has 1 heterocycles. The molecule has 1 aromatic heterocycles. The van der Waals surface area contributed by atoms with Crippen LogP contribution in [0.5, 0.6) is 5.75 Å². The first-order valence-corrected chi connectivity index (χ1v) is 10.7. The van der Waals surface area contributed by atoms with Crippen molar-refractivity contribution in [2.45, 2.75) is 20.0 Å². The van der Waals surface area contributed by atoms with Crippen LogP contribution in [0.2, 0.25) is 0 Å². The van der Waals surface area contributed by atoms with Crippen molar-refractivity contribution in [2.24, 2.45) is 0 Å². The van der Waals surface area contributed by atoms with E-state index >= 15 is 0 Å². The Kier molecular flexibility index (Phi) is 8.30. The first-order chi connectivity index (χ1) is 16.0. The van der Waals surface area contributed by atoms with Gasteiger partial charge >= 0.3 is 6.03 Å². The van der Waals surface area contributed by atoms with Crippen LogP contribution in [0.4, 0.5) is 10.5 Å². The van der Waals surface area contributed by atoms with Crippen molar-refractivity contribution in [3.63, 3.8) is 0 Å². The Labute approximate surface area is 194 Å². The lowest BCUT2D eigenvalue weighted by Crippen LogP contribution is -2.44. The number of amides is 3. The van der Waals surface area contributed by atoms with Crippen LogP contribution in [0.1, 0.15) is 17.1 Å². The van der Waals surface area contributed by atoms with E-state index in [1.807, 2.05) is 55.5 Å². The number of hydrogen-bond acceptors (Lipinski definition) is 4. The number of furan rings is 1. The summed E-state index contributed by atoms with van der Waals surface area (Å²) in [6.07, 6.45) is 1.59. The van der Waals surface area contributed by atoms with Crippen molar-refractivity contribution in [3.05, 3.63) is 96.5 Å². The third-order valence-electron chi connectivity index (χ3n) is 5.02. The fourth-order valence-electron chi connectivity index (χ4n) is 3.37. The van der Waals surface area contributed by atoms with E-state index in [1.165, 1.54) is 12.0 Å². The van der Waals surface area contributed by atoms with Gasteiger partial charge in [-0.05, 0) is 36.8 Å². The van der Waals surface area contributed by atoms with Crippen LogP contribution in [0.3, 0.4) is 0 Å². The number of rotatable bonds is 10. The molecule has 0 unspecified atom stereocenters. The largest absolute Gasteiger partial charge is 0.495 e. The number of methoxy groups -OCH3 is 1. The van der Waals surface area contributed by atoms with Crippen LogP contribution >= 0.6 is 0 Å². The molecule has 0 atom stereocenters. The van der Waals surface area contributed by atoms with Gasteiger partial charge in [0, 0.05) is 13.1 Å². The number of para-hydroxylation sites is 2. The van der Waals surface area contributed by atoms with Gasteiger partial charge in [0.15, 0.2) is 0 Å². The van der Waals surface area contributed by atoms with Gasteiger partial charge in [-0.1, -0.05) is 48.5 Å². The Morgan fingerprint density at radius 2 is 1.73 bits per heavy atom. The predicted octanol–water partition coefficient (Wildman–Crippen LogP) is 4.85. The number of aryl methyl sites for hydroxylation is 1. The number of anilines is 1. The van der Waals surface area contributed by atoms with E-state index in [1.54, 1.807) is 29.2 Å². The summed E-state index contributed by atoms with van der Waals surface area (Å²) in [5, 5.41) is 2.82. The first-order valence-electron chi connectivity index (χ1n) is 10.7. The Hall–Kier alpha value is -4.00. The Morgan fingerprint density at radius 1 is 1.00 bits per heavy atom. The lowest BCUT2D eigenvalue weighted by molar-refractivity contribution is -0.133. The number of nitrogens with zero attached hydrogens (tertiary/aromatic N) is 2. The monoisotopic (exact) mass is 447 g/mol. The van der Waals surface area contributed by atoms with Crippen LogP contribution in [0, 0.1) is 6.92 Å². The molecule has 0 bridgehead atoms. The third-order valence-corrected chi connectivity index (χ3v) is 5.02. The molecule has 7 nitrogen and oxygen atoms in total. The predicted molar refractivity (Wildman–Crippen MR) is 128 cm³/mol. The number of benzene rings is 2. The van der Waals surface area contributed by atoms with Crippen molar-refractivity contribution in [3.8, 4) is 5.75 Å². The Balaban J connectivity index is 1.76. The molecule has 7 heteroatoms. The summed E-state index contributed by atoms with van der Waals surface area (Å²) >= 11 is 0. The number of hydrogen-bond donors (Lipinski definition) is 1. The normalized spacial score (nSPS) is 10.4. The summed E-state index contributed by atoms with van der Waals surface area (Å²) in [7, 11) is 1.54. The van der Waals surface area contributed by atoms with E-state index in [9.17, 15) is 9.59 Å². The molecule has 0 fully saturated rings. The number of carbonyl (C=O) groups excluding carboxylic acids is 2. The minimum Gasteiger partial charge on any atom is -0.495 e. The van der Waals surface area contributed by atoms with Gasteiger partial charge in [-0.25, -0.2) is 4.79 Å². The summed E-state index contributed by atoms with van der Waals surface area (Å²) < 4.78 is 11.0. The summed E-state index contributed by atoms with van der Waals surface area (Å²) in [6, 6.07) is 20.1. The van der Waals surface area contributed by atoms with E-state index in [4.69, 9.17) is 9.15 Å². The molecule has 2 aromatic carbocycles. The van der Waals surface area contributed by atoms with Gasteiger partial charge in [-0.2, -0.15) is 0 Å². The summed E-state index contributed by atoms with van der Waals surface area (Å²) in [4.78, 5) is 29.4. The molecule has 0 aliphatic heterocycles. The third kappa shape index (κ3) is 6.74. The average Bonchev–Trinajstić information content (AvgIpc) is 3.23. The van der Waals surface area contributed by atoms with Crippen molar-refractivity contribution in [1.82, 2.24) is 9.80 Å². The molecule has 33 heavy (non-hydrogen) atoms. The zero-order valence-corrected chi connectivity index (χ0v) is 19.0. The van der Waals surface area contributed by atoms with Gasteiger partial charge in [0.2, 0.25) is 5.91 Å². The fraction of sp³-hybridized carbons (Fsp3) is 0.231. The van der Waals surface area contributed by atoms with Crippen molar-refractivity contribution < 1.29 is 18.7 Å². The van der Waals surface area contributed by atoms with Crippen LogP contribution in [-0.4, -0.2) is 41.9 Å². The lowest BCUT2D eigenvalue weighted by atomic mass is 10.2. The number of nitrogens with one attached hydrogen (secondary N) is 1. The molecular formula is C26H29N3O4. The molecule has 0 radical (unpaired) electrons. The maximum Gasteiger partial charge on any atom is 0.322 e. The van der Waals surface area contributed by atoms with Gasteiger partial charge in [-0.15, -0.1) is 6.58 Å². The number of ether oxygens (including phenoxy) is 1. The summed E-state index contributed by atoms with van der Waals surface area (Å²) in [6.45, 7) is 6.39. The standard InChI is InChI=1S/C26H29N3O4/c1-4-16-28(26(31)27-23-12-8-9-13-24(23)32-3)19-25(30)29(17-21-10-6-5-7-11-21)18-22-15-14-20(2)33-22/h4-15H,1,16-19H2,2-3H3,(H,27,31). The number of carbonyl (C=O) groups is 2. The average molecular weight is 448 g/mol. The molecular weight excluding hydrogens is 418 g/mol. The summed E-state index contributed by atoms with van der Waals surface area (Å²) in [5.74, 6) is 1.80. The SMILES string of the molecule is C=CCN(CC(=O)N(Cc1ccccc1)Cc1ccc(C)o1)C(=O)Nc1ccccc1OC. The van der Waals surface area contributed by atoms with Crippen LogP contribution in [0.15, 0.2) is 83.8 Å². The zero-order chi connectivity index (χ0) is 23.6. The molecule has 3 amide bonds. The highest BCUT2D eigenvalue weighted by Crippen LogP contribution is 2.23. The minimum atomic E-state index is -0.416.